The van der Waals surface area contributed by atoms with Crippen molar-refractivity contribution >= 4 is 0 Å². The molecule has 0 saturated carbocycles. The molecule has 0 aromatic rings. The van der Waals surface area contributed by atoms with E-state index in [1.165, 1.54) is 0 Å². The molecule has 0 rings (SSSR count). The highest BCUT2D eigenvalue weighted by Crippen LogP contribution is 2.31. The molecule has 2 N–H and O–H groups in total. The average molecular weight is 159 g/mol. The van der Waals surface area contributed by atoms with E-state index in [1.54, 1.807) is 0 Å². The van der Waals surface area contributed by atoms with Crippen LogP contribution in [0.3, 0.4) is 0 Å². The maximum Gasteiger partial charge on any atom is 0.0714 e. The zero-order valence-electron chi connectivity index (χ0n) is 8.35. The minimum atomic E-state index is 0.285. The standard InChI is InChI=1S/C9H21NO/c1-7(2)8(6-11-10)9(3,4)5/h7-8H,6,10H2,1-5H3. The molecule has 2 nitrogen and oxygen atoms in total. The summed E-state index contributed by atoms with van der Waals surface area (Å²) in [6.45, 7) is 11.7. The molecule has 0 spiro atoms. The van der Waals surface area contributed by atoms with Crippen molar-refractivity contribution in [1.82, 2.24) is 0 Å². The lowest BCUT2D eigenvalue weighted by Gasteiger charge is -2.32. The minimum Gasteiger partial charge on any atom is -0.304 e. The average Bonchev–Trinajstić information content (AvgIpc) is 1.79. The molecule has 0 aromatic heterocycles. The van der Waals surface area contributed by atoms with E-state index in [0.717, 1.165) is 0 Å². The molecule has 2 heteroatoms. The van der Waals surface area contributed by atoms with Gasteiger partial charge in [0.05, 0.1) is 6.61 Å². The number of hydrogen-bond acceptors (Lipinski definition) is 2. The highest BCUT2D eigenvalue weighted by molar-refractivity contribution is 4.75. The first-order valence-corrected chi connectivity index (χ1v) is 4.21. The summed E-state index contributed by atoms with van der Waals surface area (Å²) in [7, 11) is 0. The summed E-state index contributed by atoms with van der Waals surface area (Å²) >= 11 is 0. The Morgan fingerprint density at radius 3 is 1.82 bits per heavy atom. The van der Waals surface area contributed by atoms with E-state index >= 15 is 0 Å². The second-order valence-corrected chi connectivity index (χ2v) is 4.55. The number of rotatable bonds is 3. The fourth-order valence-corrected chi connectivity index (χ4v) is 1.55. The lowest BCUT2D eigenvalue weighted by molar-refractivity contribution is 0.0320. The van der Waals surface area contributed by atoms with Crippen molar-refractivity contribution in [3.05, 3.63) is 0 Å². The third-order valence-corrected chi connectivity index (χ3v) is 2.19. The van der Waals surface area contributed by atoms with Crippen LogP contribution < -0.4 is 5.90 Å². The van der Waals surface area contributed by atoms with Crippen LogP contribution >= 0.6 is 0 Å². The number of nitrogens with two attached hydrogens (primary N) is 1. The number of hydrogen-bond donors (Lipinski definition) is 1. The monoisotopic (exact) mass is 159 g/mol. The molecule has 0 radical (unpaired) electrons. The van der Waals surface area contributed by atoms with E-state index in [1.807, 2.05) is 0 Å². The molecule has 0 fully saturated rings. The van der Waals surface area contributed by atoms with Gasteiger partial charge in [-0.15, -0.1) is 0 Å². The summed E-state index contributed by atoms with van der Waals surface area (Å²) in [5.74, 6) is 6.22. The minimum absolute atomic E-state index is 0.285. The Balaban J connectivity index is 4.10. The predicted molar refractivity (Wildman–Crippen MR) is 47.9 cm³/mol. The van der Waals surface area contributed by atoms with E-state index in [-0.39, 0.29) is 5.41 Å². The van der Waals surface area contributed by atoms with Crippen LogP contribution in [0.5, 0.6) is 0 Å². The Hall–Kier alpha value is -0.0800. The molecule has 0 heterocycles. The molecule has 1 unspecified atom stereocenters. The summed E-state index contributed by atoms with van der Waals surface area (Å²) in [5, 5.41) is 0. The Morgan fingerprint density at radius 1 is 1.27 bits per heavy atom. The summed E-state index contributed by atoms with van der Waals surface area (Å²) in [6.07, 6.45) is 0. The Morgan fingerprint density at radius 2 is 1.73 bits per heavy atom. The second kappa shape index (κ2) is 4.07. The van der Waals surface area contributed by atoms with Crippen LogP contribution in [0.15, 0.2) is 0 Å². The summed E-state index contributed by atoms with van der Waals surface area (Å²) in [5.41, 5.74) is 0.285. The van der Waals surface area contributed by atoms with Crippen molar-refractivity contribution in [1.29, 1.82) is 0 Å². The van der Waals surface area contributed by atoms with E-state index in [2.05, 4.69) is 34.6 Å². The van der Waals surface area contributed by atoms with E-state index in [9.17, 15) is 0 Å². The zero-order chi connectivity index (χ0) is 9.07. The molecule has 0 saturated heterocycles. The second-order valence-electron chi connectivity index (χ2n) is 4.55. The van der Waals surface area contributed by atoms with Gasteiger partial charge in [-0.1, -0.05) is 34.6 Å². The molecular formula is C9H21NO. The first-order valence-electron chi connectivity index (χ1n) is 4.21. The van der Waals surface area contributed by atoms with E-state index in [0.29, 0.717) is 18.4 Å². The van der Waals surface area contributed by atoms with Crippen LogP contribution in [-0.4, -0.2) is 6.61 Å². The van der Waals surface area contributed by atoms with Crippen molar-refractivity contribution in [2.75, 3.05) is 6.61 Å². The van der Waals surface area contributed by atoms with Gasteiger partial charge in [0.25, 0.3) is 0 Å². The Bertz CT molecular complexity index is 105. The van der Waals surface area contributed by atoms with Gasteiger partial charge in [-0.25, -0.2) is 5.90 Å². The molecule has 0 aliphatic heterocycles. The molecular weight excluding hydrogens is 138 g/mol. The molecule has 0 aliphatic rings. The normalized spacial score (nSPS) is 15.5. The van der Waals surface area contributed by atoms with E-state index in [4.69, 9.17) is 10.7 Å². The van der Waals surface area contributed by atoms with Gasteiger partial charge in [0.2, 0.25) is 0 Å². The molecule has 11 heavy (non-hydrogen) atoms. The van der Waals surface area contributed by atoms with Gasteiger partial charge in [0.15, 0.2) is 0 Å². The van der Waals surface area contributed by atoms with Gasteiger partial charge in [-0.2, -0.15) is 0 Å². The smallest absolute Gasteiger partial charge is 0.0714 e. The van der Waals surface area contributed by atoms with Crippen LogP contribution in [0, 0.1) is 17.3 Å². The van der Waals surface area contributed by atoms with Crippen molar-refractivity contribution < 1.29 is 4.84 Å². The topological polar surface area (TPSA) is 35.2 Å². The lowest BCUT2D eigenvalue weighted by atomic mass is 9.75. The highest BCUT2D eigenvalue weighted by atomic mass is 16.6. The fraction of sp³-hybridized carbons (Fsp3) is 1.00. The Labute approximate surface area is 70.1 Å². The van der Waals surface area contributed by atoms with Crippen LogP contribution in [-0.2, 0) is 4.84 Å². The molecule has 0 aliphatic carbocycles. The van der Waals surface area contributed by atoms with Crippen molar-refractivity contribution in [3.63, 3.8) is 0 Å². The fourth-order valence-electron chi connectivity index (χ4n) is 1.55. The van der Waals surface area contributed by atoms with Gasteiger partial charge < -0.3 is 4.84 Å². The van der Waals surface area contributed by atoms with Gasteiger partial charge >= 0.3 is 0 Å². The molecule has 0 amide bonds. The van der Waals surface area contributed by atoms with Crippen LogP contribution in [0.25, 0.3) is 0 Å². The summed E-state index contributed by atoms with van der Waals surface area (Å²) in [4.78, 5) is 4.69. The lowest BCUT2D eigenvalue weighted by Crippen LogP contribution is -2.30. The van der Waals surface area contributed by atoms with Crippen molar-refractivity contribution in [2.45, 2.75) is 34.6 Å². The van der Waals surface area contributed by atoms with Gasteiger partial charge in [-0.3, -0.25) is 0 Å². The van der Waals surface area contributed by atoms with Crippen LogP contribution in [0.1, 0.15) is 34.6 Å². The van der Waals surface area contributed by atoms with Gasteiger partial charge in [0, 0.05) is 0 Å². The third kappa shape index (κ3) is 3.73. The first kappa shape index (κ1) is 10.9. The largest absolute Gasteiger partial charge is 0.304 e. The molecule has 68 valence electrons. The molecule has 1 atom stereocenters. The predicted octanol–water partition coefficient (Wildman–Crippen LogP) is 2.20. The summed E-state index contributed by atoms with van der Waals surface area (Å²) < 4.78 is 0. The van der Waals surface area contributed by atoms with Crippen LogP contribution in [0.4, 0.5) is 0 Å². The first-order chi connectivity index (χ1) is 4.89. The molecule has 0 aromatic carbocycles. The van der Waals surface area contributed by atoms with Crippen molar-refractivity contribution in [2.24, 2.45) is 23.1 Å². The van der Waals surface area contributed by atoms with Gasteiger partial charge in [-0.05, 0) is 17.3 Å². The summed E-state index contributed by atoms with van der Waals surface area (Å²) in [6, 6.07) is 0. The maximum absolute atomic E-state index is 5.06. The maximum atomic E-state index is 5.06. The SMILES string of the molecule is CC(C)C(CON)C(C)(C)C. The quantitative estimate of drug-likeness (QED) is 0.641. The van der Waals surface area contributed by atoms with Crippen LogP contribution in [0.2, 0.25) is 0 Å². The Kier molecular flexibility index (Phi) is 4.04. The van der Waals surface area contributed by atoms with Gasteiger partial charge in [0.1, 0.15) is 0 Å². The third-order valence-electron chi connectivity index (χ3n) is 2.19. The highest BCUT2D eigenvalue weighted by Gasteiger charge is 2.27. The van der Waals surface area contributed by atoms with Crippen molar-refractivity contribution in [3.8, 4) is 0 Å². The molecule has 0 bridgehead atoms. The zero-order valence-corrected chi connectivity index (χ0v) is 8.35. The van der Waals surface area contributed by atoms with E-state index < -0.39 is 0 Å².